The molecule has 2 atom stereocenters. The molecule has 21 heavy (non-hydrogen) atoms. The van der Waals surface area contributed by atoms with Crippen molar-refractivity contribution in [3.05, 3.63) is 15.6 Å². The van der Waals surface area contributed by atoms with Crippen LogP contribution in [0.5, 0.6) is 0 Å². The Hall–Kier alpha value is -0.950. The Bertz CT molecular complexity index is 666. The van der Waals surface area contributed by atoms with Gasteiger partial charge in [0.05, 0.1) is 16.0 Å². The summed E-state index contributed by atoms with van der Waals surface area (Å²) in [5.74, 6) is 0.0394. The second-order valence-corrected chi connectivity index (χ2v) is 9.70. The van der Waals surface area contributed by atoms with Crippen LogP contribution < -0.4 is 0 Å². The average Bonchev–Trinajstić information content (AvgIpc) is 2.84. The van der Waals surface area contributed by atoms with Crippen LogP contribution in [0.2, 0.25) is 0 Å². The third-order valence-electron chi connectivity index (χ3n) is 4.63. The third kappa shape index (κ3) is 2.61. The molecule has 2 bridgehead atoms. The number of hydrogen-bond donors (Lipinski definition) is 0. The van der Waals surface area contributed by atoms with E-state index in [9.17, 15) is 13.2 Å². The van der Waals surface area contributed by atoms with Gasteiger partial charge < -0.3 is 4.90 Å². The van der Waals surface area contributed by atoms with Crippen molar-refractivity contribution >= 4 is 27.1 Å². The third-order valence-corrected chi connectivity index (χ3v) is 7.28. The standard InChI is InChI=1S/C14H20N2O3S2/c1-8-13(20-9(2)15-8)14(17)16-10-4-5-11(16)7-12(6-10)21(3,18)19/h10-12H,4-7H2,1-3H3/t10-,11-/m0/s1. The minimum atomic E-state index is -3.02. The molecule has 0 aromatic carbocycles. The normalized spacial score (nSPS) is 28.9. The number of nitrogens with zero attached hydrogens (tertiary/aromatic N) is 2. The number of aryl methyl sites for hydroxylation is 2. The van der Waals surface area contributed by atoms with Gasteiger partial charge in [0.2, 0.25) is 0 Å². The summed E-state index contributed by atoms with van der Waals surface area (Å²) in [7, 11) is -3.02. The highest BCUT2D eigenvalue weighted by Crippen LogP contribution is 2.39. The van der Waals surface area contributed by atoms with Crippen LogP contribution in [0.15, 0.2) is 0 Å². The van der Waals surface area contributed by atoms with E-state index in [1.807, 2.05) is 18.7 Å². The summed E-state index contributed by atoms with van der Waals surface area (Å²) in [6.07, 6.45) is 4.31. The molecular weight excluding hydrogens is 308 g/mol. The second kappa shape index (κ2) is 5.05. The zero-order valence-electron chi connectivity index (χ0n) is 12.5. The number of carbonyl (C=O) groups excluding carboxylic acids is 1. The lowest BCUT2D eigenvalue weighted by Crippen LogP contribution is -2.49. The Kier molecular flexibility index (Phi) is 3.60. The summed E-state index contributed by atoms with van der Waals surface area (Å²) in [5.41, 5.74) is 0.784. The van der Waals surface area contributed by atoms with Crippen molar-refractivity contribution < 1.29 is 13.2 Å². The number of amides is 1. The number of rotatable bonds is 2. The average molecular weight is 328 g/mol. The van der Waals surface area contributed by atoms with Crippen LogP contribution >= 0.6 is 11.3 Å². The van der Waals surface area contributed by atoms with Gasteiger partial charge in [-0.2, -0.15) is 0 Å². The Labute approximate surface area is 129 Å². The van der Waals surface area contributed by atoms with Crippen LogP contribution in [0.1, 0.15) is 46.1 Å². The summed E-state index contributed by atoms with van der Waals surface area (Å²) in [6.45, 7) is 3.76. The number of carbonyl (C=O) groups is 1. The monoisotopic (exact) mass is 328 g/mol. The lowest BCUT2D eigenvalue weighted by molar-refractivity contribution is 0.0602. The Morgan fingerprint density at radius 2 is 1.81 bits per heavy atom. The molecule has 1 aromatic heterocycles. The molecule has 3 rings (SSSR count). The zero-order valence-corrected chi connectivity index (χ0v) is 14.1. The molecule has 5 nitrogen and oxygen atoms in total. The molecule has 3 heterocycles. The molecule has 1 amide bonds. The van der Waals surface area contributed by atoms with E-state index in [0.29, 0.717) is 17.7 Å². The maximum Gasteiger partial charge on any atom is 0.266 e. The van der Waals surface area contributed by atoms with Gasteiger partial charge in [0.25, 0.3) is 5.91 Å². The van der Waals surface area contributed by atoms with Crippen molar-refractivity contribution in [2.24, 2.45) is 0 Å². The molecule has 2 aliphatic heterocycles. The van der Waals surface area contributed by atoms with Gasteiger partial charge in [0.15, 0.2) is 0 Å². The summed E-state index contributed by atoms with van der Waals surface area (Å²) < 4.78 is 23.6. The number of thiazole rings is 1. The highest BCUT2D eigenvalue weighted by Gasteiger charge is 2.46. The number of hydrogen-bond acceptors (Lipinski definition) is 5. The number of fused-ring (bicyclic) bond motifs is 2. The fraction of sp³-hybridized carbons (Fsp3) is 0.714. The SMILES string of the molecule is Cc1nc(C)c(C(=O)N2[C@H]3CC[C@H]2CC(S(C)(=O)=O)C3)s1. The predicted octanol–water partition coefficient (Wildman–Crippen LogP) is 1.94. The van der Waals surface area contributed by atoms with Crippen molar-refractivity contribution in [3.63, 3.8) is 0 Å². The smallest absolute Gasteiger partial charge is 0.266 e. The predicted molar refractivity (Wildman–Crippen MR) is 82.4 cm³/mol. The van der Waals surface area contributed by atoms with Gasteiger partial charge in [0, 0.05) is 18.3 Å². The topological polar surface area (TPSA) is 67.3 Å². The lowest BCUT2D eigenvalue weighted by atomic mass is 10.0. The summed E-state index contributed by atoms with van der Waals surface area (Å²) in [5, 5.41) is 0.609. The molecule has 0 radical (unpaired) electrons. The van der Waals surface area contributed by atoms with Crippen LogP contribution in [0.4, 0.5) is 0 Å². The first-order valence-corrected chi connectivity index (χ1v) is 10.00. The molecule has 116 valence electrons. The molecule has 2 saturated heterocycles. The minimum absolute atomic E-state index is 0.0394. The van der Waals surface area contributed by atoms with E-state index >= 15 is 0 Å². The van der Waals surface area contributed by atoms with Crippen LogP contribution in [0.25, 0.3) is 0 Å². The molecule has 0 N–H and O–H groups in total. The van der Waals surface area contributed by atoms with Crippen molar-refractivity contribution in [3.8, 4) is 0 Å². The first kappa shape index (κ1) is 15.0. The Morgan fingerprint density at radius 1 is 1.24 bits per heavy atom. The number of piperidine rings is 1. The number of sulfone groups is 1. The molecule has 0 unspecified atom stereocenters. The van der Waals surface area contributed by atoms with Crippen molar-refractivity contribution in [2.45, 2.75) is 56.9 Å². The summed E-state index contributed by atoms with van der Waals surface area (Å²) in [4.78, 5) is 19.8. The van der Waals surface area contributed by atoms with Crippen molar-refractivity contribution in [1.82, 2.24) is 9.88 Å². The first-order chi connectivity index (χ1) is 9.77. The van der Waals surface area contributed by atoms with Gasteiger partial charge in [-0.1, -0.05) is 0 Å². The Balaban J connectivity index is 1.86. The van der Waals surface area contributed by atoms with Gasteiger partial charge in [0.1, 0.15) is 14.7 Å². The maximum atomic E-state index is 12.8. The van der Waals surface area contributed by atoms with Gasteiger partial charge >= 0.3 is 0 Å². The van der Waals surface area contributed by atoms with Crippen molar-refractivity contribution in [2.75, 3.05) is 6.26 Å². The molecule has 0 spiro atoms. The van der Waals surface area contributed by atoms with E-state index in [4.69, 9.17) is 0 Å². The van der Waals surface area contributed by atoms with E-state index in [1.54, 1.807) is 0 Å². The molecular formula is C14H20N2O3S2. The number of aromatic nitrogens is 1. The quantitative estimate of drug-likeness (QED) is 0.832. The van der Waals surface area contributed by atoms with Gasteiger partial charge in [-0.3, -0.25) is 4.79 Å². The second-order valence-electron chi connectivity index (χ2n) is 6.17. The maximum absolute atomic E-state index is 12.8. The van der Waals surface area contributed by atoms with E-state index < -0.39 is 9.84 Å². The highest BCUT2D eigenvalue weighted by atomic mass is 32.2. The van der Waals surface area contributed by atoms with Gasteiger partial charge in [-0.15, -0.1) is 11.3 Å². The van der Waals surface area contributed by atoms with E-state index in [0.717, 1.165) is 23.5 Å². The molecule has 2 aliphatic rings. The van der Waals surface area contributed by atoms with Crippen LogP contribution in [-0.4, -0.2) is 47.8 Å². The molecule has 0 saturated carbocycles. The lowest BCUT2D eigenvalue weighted by Gasteiger charge is -2.38. The van der Waals surface area contributed by atoms with Gasteiger partial charge in [-0.25, -0.2) is 13.4 Å². The van der Waals surface area contributed by atoms with Gasteiger partial charge in [-0.05, 0) is 39.5 Å². The summed E-state index contributed by atoms with van der Waals surface area (Å²) in [6, 6.07) is 0.135. The minimum Gasteiger partial charge on any atom is -0.332 e. The van der Waals surface area contributed by atoms with E-state index in [1.165, 1.54) is 17.6 Å². The van der Waals surface area contributed by atoms with Crippen molar-refractivity contribution in [1.29, 1.82) is 0 Å². The molecule has 2 fully saturated rings. The highest BCUT2D eigenvalue weighted by molar-refractivity contribution is 7.91. The molecule has 7 heteroatoms. The van der Waals surface area contributed by atoms with E-state index in [2.05, 4.69) is 4.98 Å². The fourth-order valence-corrected chi connectivity index (χ4v) is 5.66. The molecule has 1 aromatic rings. The zero-order chi connectivity index (χ0) is 15.4. The van der Waals surface area contributed by atoms with Crippen LogP contribution in [0.3, 0.4) is 0 Å². The Morgan fingerprint density at radius 3 is 2.24 bits per heavy atom. The largest absolute Gasteiger partial charge is 0.332 e. The molecule has 0 aliphatic carbocycles. The van der Waals surface area contributed by atoms with E-state index in [-0.39, 0.29) is 23.2 Å². The summed E-state index contributed by atoms with van der Waals surface area (Å²) >= 11 is 1.43. The van der Waals surface area contributed by atoms with Crippen LogP contribution in [-0.2, 0) is 9.84 Å². The first-order valence-electron chi connectivity index (χ1n) is 7.23. The van der Waals surface area contributed by atoms with Crippen LogP contribution in [0, 0.1) is 13.8 Å². The fourth-order valence-electron chi connectivity index (χ4n) is 3.66.